The van der Waals surface area contributed by atoms with Crippen molar-refractivity contribution in [3.63, 3.8) is 0 Å². The number of carbonyl (C=O) groups excluding carboxylic acids is 2. The van der Waals surface area contributed by atoms with E-state index in [2.05, 4.69) is 10.4 Å². The Morgan fingerprint density at radius 2 is 1.79 bits per heavy atom. The zero-order chi connectivity index (χ0) is 16.9. The van der Waals surface area contributed by atoms with Crippen molar-refractivity contribution in [2.75, 3.05) is 5.32 Å². The molecule has 0 aliphatic rings. The van der Waals surface area contributed by atoms with E-state index in [0.717, 1.165) is 16.6 Å². The molecule has 122 valence electrons. The van der Waals surface area contributed by atoms with Gasteiger partial charge in [-0.2, -0.15) is 5.10 Å². The number of nitrogens with one attached hydrogen (secondary N) is 1. The molecule has 0 aliphatic carbocycles. The largest absolute Gasteiger partial charge is 0.370 e. The van der Waals surface area contributed by atoms with Crippen molar-refractivity contribution < 1.29 is 9.59 Å². The highest BCUT2D eigenvalue weighted by Crippen LogP contribution is 2.19. The normalized spacial score (nSPS) is 10.7. The Hall–Kier alpha value is -3.15. The molecule has 24 heavy (non-hydrogen) atoms. The number of hydrogen-bond acceptors (Lipinski definition) is 3. The van der Waals surface area contributed by atoms with Crippen molar-refractivity contribution in [2.45, 2.75) is 19.3 Å². The minimum Gasteiger partial charge on any atom is -0.370 e. The first-order valence-electron chi connectivity index (χ1n) is 7.75. The number of carbonyl (C=O) groups is 2. The molecule has 0 saturated heterocycles. The Morgan fingerprint density at radius 1 is 1.04 bits per heavy atom. The molecule has 0 atom stereocenters. The summed E-state index contributed by atoms with van der Waals surface area (Å²) in [5.74, 6) is -0.521. The van der Waals surface area contributed by atoms with Crippen molar-refractivity contribution in [1.29, 1.82) is 0 Å². The Bertz CT molecular complexity index is 868. The van der Waals surface area contributed by atoms with E-state index in [-0.39, 0.29) is 18.7 Å². The molecule has 0 radical (unpaired) electrons. The van der Waals surface area contributed by atoms with Gasteiger partial charge in [-0.1, -0.05) is 18.2 Å². The quantitative estimate of drug-likeness (QED) is 0.731. The molecule has 2 aromatic carbocycles. The lowest BCUT2D eigenvalue weighted by Gasteiger charge is -2.07. The van der Waals surface area contributed by atoms with Gasteiger partial charge in [0, 0.05) is 23.9 Å². The molecule has 0 unspecified atom stereocenters. The van der Waals surface area contributed by atoms with Crippen LogP contribution in [0.4, 0.5) is 5.69 Å². The van der Waals surface area contributed by atoms with Gasteiger partial charge in [0.15, 0.2) is 0 Å². The third kappa shape index (κ3) is 3.60. The molecular formula is C18H18N4O2. The highest BCUT2D eigenvalue weighted by Gasteiger charge is 2.06. The van der Waals surface area contributed by atoms with Gasteiger partial charge in [0.2, 0.25) is 11.8 Å². The first-order chi connectivity index (χ1) is 11.6. The van der Waals surface area contributed by atoms with Gasteiger partial charge in [-0.25, -0.2) is 4.68 Å². The Labute approximate surface area is 139 Å². The maximum absolute atomic E-state index is 11.8. The van der Waals surface area contributed by atoms with E-state index < -0.39 is 5.91 Å². The average molecular weight is 322 g/mol. The Morgan fingerprint density at radius 3 is 2.54 bits per heavy atom. The fourth-order valence-electron chi connectivity index (χ4n) is 2.51. The molecule has 6 nitrogen and oxygen atoms in total. The second-order valence-corrected chi connectivity index (χ2v) is 5.53. The van der Waals surface area contributed by atoms with Gasteiger partial charge < -0.3 is 11.1 Å². The molecule has 1 heterocycles. The van der Waals surface area contributed by atoms with E-state index in [9.17, 15) is 9.59 Å². The predicted octanol–water partition coefficient (Wildman–Crippen LogP) is 2.62. The van der Waals surface area contributed by atoms with Crippen LogP contribution in [0.5, 0.6) is 0 Å². The summed E-state index contributed by atoms with van der Waals surface area (Å²) in [5.41, 5.74) is 7.71. The number of aromatic nitrogens is 2. The first-order valence-corrected chi connectivity index (χ1v) is 7.75. The molecule has 1 aromatic heterocycles. The van der Waals surface area contributed by atoms with Gasteiger partial charge >= 0.3 is 0 Å². The summed E-state index contributed by atoms with van der Waals surface area (Å²) >= 11 is 0. The topological polar surface area (TPSA) is 90.0 Å². The van der Waals surface area contributed by atoms with E-state index in [1.54, 1.807) is 0 Å². The van der Waals surface area contributed by atoms with Crippen molar-refractivity contribution in [3.05, 3.63) is 54.7 Å². The van der Waals surface area contributed by atoms with Crippen LogP contribution in [-0.4, -0.2) is 21.6 Å². The van der Waals surface area contributed by atoms with Crippen LogP contribution in [-0.2, 0) is 9.59 Å². The Balaban J connectivity index is 1.67. The highest BCUT2D eigenvalue weighted by atomic mass is 16.2. The lowest BCUT2D eigenvalue weighted by Crippen LogP contribution is -2.14. The summed E-state index contributed by atoms with van der Waals surface area (Å²) in [6.45, 7) is 0. The van der Waals surface area contributed by atoms with Crippen LogP contribution >= 0.6 is 0 Å². The smallest absolute Gasteiger partial charge is 0.224 e. The number of primary amides is 1. The predicted molar refractivity (Wildman–Crippen MR) is 92.7 cm³/mol. The zero-order valence-corrected chi connectivity index (χ0v) is 13.1. The number of benzene rings is 2. The third-order valence-corrected chi connectivity index (χ3v) is 3.70. The van der Waals surface area contributed by atoms with E-state index >= 15 is 0 Å². The molecule has 0 spiro atoms. The number of anilines is 1. The fourth-order valence-corrected chi connectivity index (χ4v) is 2.51. The fraction of sp³-hybridized carbons (Fsp3) is 0.167. The van der Waals surface area contributed by atoms with Crippen molar-refractivity contribution in [1.82, 2.24) is 9.78 Å². The van der Waals surface area contributed by atoms with Crippen LogP contribution < -0.4 is 11.1 Å². The highest BCUT2D eigenvalue weighted by molar-refractivity contribution is 5.91. The van der Waals surface area contributed by atoms with E-state index in [1.165, 1.54) is 0 Å². The van der Waals surface area contributed by atoms with Crippen molar-refractivity contribution >= 4 is 28.4 Å². The average Bonchev–Trinajstić information content (AvgIpc) is 2.99. The second-order valence-electron chi connectivity index (χ2n) is 5.53. The minimum atomic E-state index is -0.390. The maximum atomic E-state index is 11.8. The molecule has 0 fully saturated rings. The zero-order valence-electron chi connectivity index (χ0n) is 13.1. The molecular weight excluding hydrogens is 304 g/mol. The maximum Gasteiger partial charge on any atom is 0.224 e. The van der Waals surface area contributed by atoms with Crippen LogP contribution in [0, 0.1) is 0 Å². The number of fused-ring (bicyclic) bond motifs is 1. The summed E-state index contributed by atoms with van der Waals surface area (Å²) in [6, 6.07) is 15.4. The molecule has 3 N–H and O–H groups in total. The lowest BCUT2D eigenvalue weighted by atomic mass is 10.2. The van der Waals surface area contributed by atoms with E-state index in [4.69, 9.17) is 5.73 Å². The summed E-state index contributed by atoms with van der Waals surface area (Å²) in [6.07, 6.45) is 2.77. The summed E-state index contributed by atoms with van der Waals surface area (Å²) in [4.78, 5) is 22.5. The van der Waals surface area contributed by atoms with Crippen LogP contribution in [0.1, 0.15) is 19.3 Å². The van der Waals surface area contributed by atoms with Crippen LogP contribution in [0.3, 0.4) is 0 Å². The first kappa shape index (κ1) is 15.7. The lowest BCUT2D eigenvalue weighted by molar-refractivity contribution is -0.118. The monoisotopic (exact) mass is 322 g/mol. The van der Waals surface area contributed by atoms with Gasteiger partial charge in [-0.15, -0.1) is 0 Å². The SMILES string of the molecule is NC(=O)CCCC(=O)Nc1ccc(-n2ncc3ccccc32)cc1. The standard InChI is InChI=1S/C18H18N4O2/c19-17(23)6-3-7-18(24)21-14-8-10-15(11-9-14)22-16-5-2-1-4-13(16)12-20-22/h1-2,4-5,8-12H,3,6-7H2,(H2,19,23)(H,21,24). The van der Waals surface area contributed by atoms with Gasteiger partial charge in [0.05, 0.1) is 17.4 Å². The molecule has 3 aromatic rings. The van der Waals surface area contributed by atoms with Crippen LogP contribution in [0.15, 0.2) is 54.7 Å². The molecule has 6 heteroatoms. The third-order valence-electron chi connectivity index (χ3n) is 3.70. The van der Waals surface area contributed by atoms with Crippen molar-refractivity contribution in [3.8, 4) is 5.69 Å². The number of para-hydroxylation sites is 1. The number of amides is 2. The van der Waals surface area contributed by atoms with E-state index in [1.807, 2.05) is 59.4 Å². The molecule has 0 saturated carbocycles. The summed E-state index contributed by atoms with van der Waals surface area (Å²) in [5, 5.41) is 8.28. The summed E-state index contributed by atoms with van der Waals surface area (Å²) in [7, 11) is 0. The Kier molecular flexibility index (Phi) is 4.56. The number of nitrogens with two attached hydrogens (primary N) is 1. The molecule has 0 aliphatic heterocycles. The minimum absolute atomic E-state index is 0.131. The van der Waals surface area contributed by atoms with Crippen LogP contribution in [0.2, 0.25) is 0 Å². The summed E-state index contributed by atoms with van der Waals surface area (Å²) < 4.78 is 1.85. The molecule has 0 bridgehead atoms. The van der Waals surface area contributed by atoms with Gasteiger partial charge in [-0.05, 0) is 36.8 Å². The molecule has 2 amide bonds. The molecule has 3 rings (SSSR count). The van der Waals surface area contributed by atoms with Crippen molar-refractivity contribution in [2.24, 2.45) is 5.73 Å². The van der Waals surface area contributed by atoms with E-state index in [0.29, 0.717) is 12.1 Å². The number of hydrogen-bond donors (Lipinski definition) is 2. The van der Waals surface area contributed by atoms with Gasteiger partial charge in [0.25, 0.3) is 0 Å². The second kappa shape index (κ2) is 6.95. The van der Waals surface area contributed by atoms with Gasteiger partial charge in [-0.3, -0.25) is 9.59 Å². The number of nitrogens with zero attached hydrogens (tertiary/aromatic N) is 2. The van der Waals surface area contributed by atoms with Crippen LogP contribution in [0.25, 0.3) is 16.6 Å². The number of rotatable bonds is 6. The van der Waals surface area contributed by atoms with Gasteiger partial charge in [0.1, 0.15) is 0 Å².